The molecule has 6 rings (SSSR count). The van der Waals surface area contributed by atoms with Crippen molar-refractivity contribution >= 4 is 44.6 Å². The number of ether oxygens (including phenoxy) is 3. The van der Waals surface area contributed by atoms with Gasteiger partial charge in [-0.3, -0.25) is 19.1 Å². The Labute approximate surface area is 302 Å². The molecule has 4 N–H and O–H groups in total. The third-order valence-corrected chi connectivity index (χ3v) is 12.3. The molecule has 3 fully saturated rings. The van der Waals surface area contributed by atoms with E-state index >= 15 is 0 Å². The number of carbonyl (C=O) groups is 4. The minimum absolute atomic E-state index is 0.00280. The van der Waals surface area contributed by atoms with E-state index in [9.17, 15) is 32.7 Å². The molecule has 2 aromatic rings. The summed E-state index contributed by atoms with van der Waals surface area (Å²) in [7, 11) is -2.33. The second kappa shape index (κ2) is 15.3. The zero-order chi connectivity index (χ0) is 37.2. The number of amides is 4. The lowest BCUT2D eigenvalue weighted by Gasteiger charge is -2.32. The normalized spacial score (nSPS) is 30.2. The number of hydrogen-bond acceptors (Lipinski definition) is 10. The Balaban J connectivity index is 1.32. The predicted octanol–water partition coefficient (Wildman–Crippen LogP) is 2.74. The Hall–Kier alpha value is -4.44. The first-order valence-corrected chi connectivity index (χ1v) is 19.4. The van der Waals surface area contributed by atoms with E-state index in [1.54, 1.807) is 7.11 Å². The summed E-state index contributed by atoms with van der Waals surface area (Å²) < 4.78 is 45.2. The molecule has 0 radical (unpaired) electrons. The number of nitrogens with zero attached hydrogens (tertiary/aromatic N) is 2. The average Bonchev–Trinajstić information content (AvgIpc) is 4.03. The van der Waals surface area contributed by atoms with Gasteiger partial charge in [-0.1, -0.05) is 44.2 Å². The zero-order valence-electron chi connectivity index (χ0n) is 29.6. The van der Waals surface area contributed by atoms with Crippen molar-refractivity contribution in [3.8, 4) is 11.6 Å². The minimum atomic E-state index is -3.91. The Bertz CT molecular complexity index is 1830. The largest absolute Gasteiger partial charge is 0.489 e. The lowest BCUT2D eigenvalue weighted by Crippen LogP contribution is -2.59. The van der Waals surface area contributed by atoms with Crippen molar-refractivity contribution in [2.45, 2.75) is 87.8 Å². The van der Waals surface area contributed by atoms with E-state index in [4.69, 9.17) is 14.2 Å². The summed E-state index contributed by atoms with van der Waals surface area (Å²) in [5.41, 5.74) is -1.53. The molecular weight excluding hydrogens is 694 g/mol. The maximum Gasteiger partial charge on any atom is 0.405 e. The van der Waals surface area contributed by atoms with Crippen molar-refractivity contribution in [2.24, 2.45) is 17.8 Å². The Morgan fingerprint density at radius 2 is 1.85 bits per heavy atom. The molecule has 16 heteroatoms. The summed E-state index contributed by atoms with van der Waals surface area (Å²) >= 11 is 0. The van der Waals surface area contributed by atoms with E-state index in [0.717, 1.165) is 11.8 Å². The maximum absolute atomic E-state index is 14.4. The molecule has 282 valence electrons. The molecule has 1 aromatic carbocycles. The van der Waals surface area contributed by atoms with Gasteiger partial charge in [0.05, 0.1) is 24.6 Å². The Morgan fingerprint density at radius 3 is 2.56 bits per heavy atom. The van der Waals surface area contributed by atoms with Crippen LogP contribution in [0.5, 0.6) is 11.6 Å². The van der Waals surface area contributed by atoms with Crippen LogP contribution in [0.4, 0.5) is 4.79 Å². The van der Waals surface area contributed by atoms with Crippen molar-refractivity contribution in [1.82, 2.24) is 25.2 Å². The third-order valence-electron chi connectivity index (χ3n) is 10.4. The highest BCUT2D eigenvalue weighted by molar-refractivity contribution is 7.91. The van der Waals surface area contributed by atoms with Crippen LogP contribution in [0.25, 0.3) is 10.8 Å². The van der Waals surface area contributed by atoms with E-state index in [2.05, 4.69) is 20.3 Å². The number of allylic oxidation sites excluding steroid dienone is 1. The van der Waals surface area contributed by atoms with Crippen molar-refractivity contribution in [2.75, 3.05) is 26.9 Å². The highest BCUT2D eigenvalue weighted by Gasteiger charge is 2.62. The number of benzene rings is 1. The summed E-state index contributed by atoms with van der Waals surface area (Å²) in [6.45, 7) is 4.46. The van der Waals surface area contributed by atoms with Crippen LogP contribution < -0.4 is 24.8 Å². The standard InChI is InChI=1S/C36H47N5O10S/c1-21-8-4-5-9-23-18-36(23,34(44)40-52(47,48)25-12-13-25)39-31(42)28-17-24(20-41(28)33(43)30(22(2)16-21)38-35(45)46)51-32-27-11-7-6-10-26(27)29(19-37-32)50-15-14-49-3/h5-7,9-11,19,21-25,28,30,38H,4,8,12-18,20H2,1-3H3,(H,39,42)(H,40,44)(H,45,46)/b9-5-/t21-,22-,23-,24-,28+,30+,36-/m1/s1. The lowest BCUT2D eigenvalue weighted by atomic mass is 9.88. The topological polar surface area (TPSA) is 203 Å². The highest BCUT2D eigenvalue weighted by atomic mass is 32.2. The molecule has 2 aliphatic heterocycles. The van der Waals surface area contributed by atoms with Gasteiger partial charge in [-0.15, -0.1) is 0 Å². The van der Waals surface area contributed by atoms with Gasteiger partial charge < -0.3 is 34.9 Å². The van der Waals surface area contributed by atoms with Crippen LogP contribution in [-0.4, -0.2) is 103 Å². The molecule has 15 nitrogen and oxygen atoms in total. The van der Waals surface area contributed by atoms with Gasteiger partial charge in [0.1, 0.15) is 36.1 Å². The highest BCUT2D eigenvalue weighted by Crippen LogP contribution is 2.46. The predicted molar refractivity (Wildman–Crippen MR) is 189 cm³/mol. The summed E-state index contributed by atoms with van der Waals surface area (Å²) in [6, 6.07) is 5.03. The van der Waals surface area contributed by atoms with Crippen LogP contribution >= 0.6 is 0 Å². The third kappa shape index (κ3) is 8.12. The summed E-state index contributed by atoms with van der Waals surface area (Å²) in [5.74, 6) is -2.03. The molecule has 2 saturated carbocycles. The van der Waals surface area contributed by atoms with E-state index in [0.29, 0.717) is 50.0 Å². The van der Waals surface area contributed by atoms with E-state index in [-0.39, 0.29) is 31.2 Å². The van der Waals surface area contributed by atoms with Crippen LogP contribution in [0.1, 0.15) is 58.8 Å². The summed E-state index contributed by atoms with van der Waals surface area (Å²) in [6.07, 6.45) is 6.23. The van der Waals surface area contributed by atoms with Gasteiger partial charge >= 0.3 is 6.09 Å². The number of fused-ring (bicyclic) bond motifs is 3. The molecule has 4 aliphatic rings. The second-order valence-electron chi connectivity index (χ2n) is 14.5. The van der Waals surface area contributed by atoms with Crippen LogP contribution in [0, 0.1) is 17.8 Å². The average molecular weight is 742 g/mol. The van der Waals surface area contributed by atoms with E-state index in [1.165, 1.54) is 11.1 Å². The van der Waals surface area contributed by atoms with Gasteiger partial charge in [0, 0.05) is 30.2 Å². The van der Waals surface area contributed by atoms with Gasteiger partial charge in [-0.05, 0) is 56.4 Å². The van der Waals surface area contributed by atoms with Crippen molar-refractivity contribution < 1.29 is 46.9 Å². The number of pyridine rings is 1. The fraction of sp³-hybridized carbons (Fsp3) is 0.583. The fourth-order valence-electron chi connectivity index (χ4n) is 7.37. The smallest absolute Gasteiger partial charge is 0.405 e. The SMILES string of the molecule is COCCOc1cnc(O[C@@H]2C[C@H]3C(=O)N[C@]4(C(=O)NS(=O)(=O)C5CC5)C[C@H]4/C=C\CC[C@@H](C)C[C@@H](C)[C@H](NC(=O)O)C(=O)N3C2)c2ccccc12. The van der Waals surface area contributed by atoms with Crippen LogP contribution in [0.15, 0.2) is 42.6 Å². The number of carbonyl (C=O) groups excluding carboxylic acids is 3. The molecule has 4 amide bonds. The first-order valence-electron chi connectivity index (χ1n) is 17.8. The first-order chi connectivity index (χ1) is 24.8. The minimum Gasteiger partial charge on any atom is -0.489 e. The molecule has 7 atom stereocenters. The number of nitrogens with one attached hydrogen (secondary N) is 3. The number of rotatable bonds is 10. The summed E-state index contributed by atoms with van der Waals surface area (Å²) in [5, 5.41) is 15.7. The van der Waals surface area contributed by atoms with Crippen molar-refractivity contribution in [3.05, 3.63) is 42.6 Å². The molecule has 1 saturated heterocycles. The summed E-state index contributed by atoms with van der Waals surface area (Å²) in [4.78, 5) is 60.1. The lowest BCUT2D eigenvalue weighted by molar-refractivity contribution is -0.142. The quantitative estimate of drug-likeness (QED) is 0.206. The molecule has 1 aromatic heterocycles. The monoisotopic (exact) mass is 741 g/mol. The fourth-order valence-corrected chi connectivity index (χ4v) is 8.74. The molecule has 0 bridgehead atoms. The van der Waals surface area contributed by atoms with Crippen LogP contribution in [0.2, 0.25) is 0 Å². The molecule has 52 heavy (non-hydrogen) atoms. The van der Waals surface area contributed by atoms with Gasteiger partial charge in [0.2, 0.25) is 27.7 Å². The Kier molecular flexibility index (Phi) is 11.0. The van der Waals surface area contributed by atoms with Crippen LogP contribution in [0.3, 0.4) is 0 Å². The van der Waals surface area contributed by atoms with Gasteiger partial charge in [-0.25, -0.2) is 18.2 Å². The second-order valence-corrected chi connectivity index (χ2v) is 16.5. The zero-order valence-corrected chi connectivity index (χ0v) is 30.4. The van der Waals surface area contributed by atoms with Gasteiger partial charge in [0.15, 0.2) is 0 Å². The van der Waals surface area contributed by atoms with Crippen molar-refractivity contribution in [1.29, 1.82) is 0 Å². The molecule has 0 spiro atoms. The van der Waals surface area contributed by atoms with Gasteiger partial charge in [0.25, 0.3) is 5.91 Å². The number of sulfonamides is 1. The number of hydrogen-bond donors (Lipinski definition) is 4. The first kappa shape index (κ1) is 37.3. The maximum atomic E-state index is 14.4. The number of methoxy groups -OCH3 is 1. The van der Waals surface area contributed by atoms with E-state index < -0.39 is 74.7 Å². The number of aromatic nitrogens is 1. The van der Waals surface area contributed by atoms with E-state index in [1.807, 2.05) is 50.3 Å². The molecule has 3 heterocycles. The number of carboxylic acid groups (broad SMARTS) is 1. The molecule has 0 unspecified atom stereocenters. The van der Waals surface area contributed by atoms with Gasteiger partial charge in [-0.2, -0.15) is 0 Å². The van der Waals surface area contributed by atoms with Crippen LogP contribution in [-0.2, 0) is 29.1 Å². The molecular formula is C36H47N5O10S. The Morgan fingerprint density at radius 1 is 1.10 bits per heavy atom. The molecule has 2 aliphatic carbocycles. The van der Waals surface area contributed by atoms with Crippen molar-refractivity contribution in [3.63, 3.8) is 0 Å².